The number of aryl methyl sites for hydroxylation is 4. The van der Waals surface area contributed by atoms with Gasteiger partial charge in [0.2, 0.25) is 0 Å². The predicted molar refractivity (Wildman–Crippen MR) is 144 cm³/mol. The minimum Gasteiger partial charge on any atom is -0.461 e. The van der Waals surface area contributed by atoms with E-state index in [9.17, 15) is 9.59 Å². The number of carbonyl (C=O) groups excluding carboxylic acids is 2. The Morgan fingerprint density at radius 1 is 1.11 bits per heavy atom. The largest absolute Gasteiger partial charge is 0.461 e. The Morgan fingerprint density at radius 2 is 1.89 bits per heavy atom. The summed E-state index contributed by atoms with van der Waals surface area (Å²) in [5.41, 5.74) is 11.0. The Bertz CT molecular complexity index is 1450. The number of nitrogens with one attached hydrogen (secondary N) is 2. The van der Waals surface area contributed by atoms with Gasteiger partial charge in [-0.05, 0) is 57.9 Å². The van der Waals surface area contributed by atoms with Gasteiger partial charge in [-0.15, -0.1) is 11.3 Å². The average Bonchev–Trinajstić information content (AvgIpc) is 3.40. The molecule has 4 rings (SSSR count). The lowest BCUT2D eigenvalue weighted by Crippen LogP contribution is -2.25. The summed E-state index contributed by atoms with van der Waals surface area (Å²) in [4.78, 5) is 32.2. The molecule has 0 radical (unpaired) electrons. The van der Waals surface area contributed by atoms with Crippen LogP contribution in [0.5, 0.6) is 0 Å². The Balaban J connectivity index is 1.84. The van der Waals surface area contributed by atoms with Crippen LogP contribution in [0.2, 0.25) is 0 Å². The number of amides is 2. The van der Waals surface area contributed by atoms with Crippen LogP contribution in [0.1, 0.15) is 49.0 Å². The van der Waals surface area contributed by atoms with Crippen LogP contribution in [-0.2, 0) is 4.74 Å². The first kappa shape index (κ1) is 25.4. The number of fused-ring (bicyclic) bond motifs is 1. The van der Waals surface area contributed by atoms with Gasteiger partial charge in [-0.1, -0.05) is 17.7 Å². The van der Waals surface area contributed by atoms with Gasteiger partial charge in [-0.2, -0.15) is 0 Å². The number of methoxy groups -OCH3 is 1. The molecule has 0 atom stereocenters. The zero-order chi connectivity index (χ0) is 26.0. The highest BCUT2D eigenvalue weighted by atomic mass is 32.1. The number of rotatable bonds is 8. The number of ether oxygens (including phenoxy) is 1. The second kappa shape index (κ2) is 10.5. The third kappa shape index (κ3) is 4.98. The smallest absolute Gasteiger partial charge is 0.263 e. The van der Waals surface area contributed by atoms with Gasteiger partial charge < -0.3 is 25.5 Å². The predicted octanol–water partition coefficient (Wildman–Crippen LogP) is 5.39. The van der Waals surface area contributed by atoms with E-state index in [1.807, 2.05) is 45.0 Å². The van der Waals surface area contributed by atoms with E-state index >= 15 is 0 Å². The van der Waals surface area contributed by atoms with Crippen molar-refractivity contribution in [3.05, 3.63) is 63.4 Å². The molecule has 0 fully saturated rings. The highest BCUT2D eigenvalue weighted by molar-refractivity contribution is 7.21. The summed E-state index contributed by atoms with van der Waals surface area (Å²) in [5, 5.41) is 6.43. The number of carbonyl (C=O) groups is 2. The molecule has 0 spiro atoms. The van der Waals surface area contributed by atoms with Crippen molar-refractivity contribution in [3.8, 4) is 11.3 Å². The standard InChI is InChI=1S/C27H30N4O4S/c1-14-7-9-18(15(2)13-14)31-25(32)20-17(4)30-27-22(21(20)19-10-8-16(3)35-19)23(28)24(36-27)26(33)29-11-6-12-34-5/h7-10,13H,6,11-12,28H2,1-5H3,(H,29,33)(H,31,32). The molecule has 1 aromatic carbocycles. The number of thiophene rings is 1. The van der Waals surface area contributed by atoms with Gasteiger partial charge in [0.25, 0.3) is 11.8 Å². The van der Waals surface area contributed by atoms with Crippen molar-refractivity contribution < 1.29 is 18.7 Å². The van der Waals surface area contributed by atoms with Crippen molar-refractivity contribution in [2.24, 2.45) is 0 Å². The van der Waals surface area contributed by atoms with E-state index in [4.69, 9.17) is 14.9 Å². The molecule has 188 valence electrons. The molecule has 3 aromatic heterocycles. The minimum absolute atomic E-state index is 0.274. The fraction of sp³-hybridized carbons (Fsp3) is 0.296. The summed E-state index contributed by atoms with van der Waals surface area (Å²) in [7, 11) is 1.62. The van der Waals surface area contributed by atoms with E-state index in [-0.39, 0.29) is 17.5 Å². The average molecular weight is 507 g/mol. The number of furan rings is 1. The van der Waals surface area contributed by atoms with E-state index in [1.54, 1.807) is 20.1 Å². The molecule has 0 aliphatic rings. The van der Waals surface area contributed by atoms with E-state index in [2.05, 4.69) is 15.6 Å². The maximum atomic E-state index is 13.7. The number of aromatic nitrogens is 1. The molecule has 4 aromatic rings. The first-order valence-electron chi connectivity index (χ1n) is 11.7. The summed E-state index contributed by atoms with van der Waals surface area (Å²) in [6, 6.07) is 9.47. The summed E-state index contributed by atoms with van der Waals surface area (Å²) in [5.74, 6) is 0.574. The fourth-order valence-electron chi connectivity index (χ4n) is 4.17. The molecule has 9 heteroatoms. The molecule has 0 aliphatic heterocycles. The zero-order valence-corrected chi connectivity index (χ0v) is 21.9. The number of nitrogen functional groups attached to an aromatic ring is 1. The highest BCUT2D eigenvalue weighted by Gasteiger charge is 2.28. The van der Waals surface area contributed by atoms with Crippen LogP contribution in [0.3, 0.4) is 0 Å². The second-order valence-electron chi connectivity index (χ2n) is 8.76. The lowest BCUT2D eigenvalue weighted by atomic mass is 9.99. The Morgan fingerprint density at radius 3 is 2.56 bits per heavy atom. The van der Waals surface area contributed by atoms with Crippen LogP contribution in [0.15, 0.2) is 34.7 Å². The topological polar surface area (TPSA) is 119 Å². The normalized spacial score (nSPS) is 11.1. The second-order valence-corrected chi connectivity index (χ2v) is 9.76. The van der Waals surface area contributed by atoms with Crippen molar-refractivity contribution in [1.29, 1.82) is 0 Å². The van der Waals surface area contributed by atoms with Crippen molar-refractivity contribution >= 4 is 44.7 Å². The number of pyridine rings is 1. The molecular weight excluding hydrogens is 476 g/mol. The lowest BCUT2D eigenvalue weighted by molar-refractivity contribution is 0.0952. The molecule has 0 unspecified atom stereocenters. The first-order valence-corrected chi connectivity index (χ1v) is 12.5. The van der Waals surface area contributed by atoms with Crippen LogP contribution in [0.25, 0.3) is 21.5 Å². The molecule has 0 saturated carbocycles. The summed E-state index contributed by atoms with van der Waals surface area (Å²) < 4.78 is 11.0. The first-order chi connectivity index (χ1) is 17.2. The summed E-state index contributed by atoms with van der Waals surface area (Å²) in [6.45, 7) is 8.56. The third-order valence-corrected chi connectivity index (χ3v) is 7.02. The SMILES string of the molecule is COCCCNC(=O)c1sc2nc(C)c(C(=O)Nc3ccc(C)cc3C)c(-c3ccc(C)o3)c2c1N. The molecular formula is C27H30N4O4S. The van der Waals surface area contributed by atoms with E-state index in [0.29, 0.717) is 68.7 Å². The van der Waals surface area contributed by atoms with Crippen LogP contribution >= 0.6 is 11.3 Å². The Kier molecular flexibility index (Phi) is 7.42. The van der Waals surface area contributed by atoms with Gasteiger partial charge in [-0.25, -0.2) is 4.98 Å². The van der Waals surface area contributed by atoms with Gasteiger partial charge >= 0.3 is 0 Å². The van der Waals surface area contributed by atoms with Gasteiger partial charge in [0.05, 0.1) is 16.9 Å². The van der Waals surface area contributed by atoms with Crippen LogP contribution < -0.4 is 16.4 Å². The van der Waals surface area contributed by atoms with Gasteiger partial charge in [-0.3, -0.25) is 9.59 Å². The van der Waals surface area contributed by atoms with Crippen LogP contribution in [0, 0.1) is 27.7 Å². The Labute approximate surface area is 213 Å². The van der Waals surface area contributed by atoms with Crippen molar-refractivity contribution in [2.45, 2.75) is 34.1 Å². The van der Waals surface area contributed by atoms with Crippen molar-refractivity contribution in [2.75, 3.05) is 31.3 Å². The summed E-state index contributed by atoms with van der Waals surface area (Å²) in [6.07, 6.45) is 0.685. The number of anilines is 2. The zero-order valence-electron chi connectivity index (χ0n) is 21.1. The molecule has 2 amide bonds. The van der Waals surface area contributed by atoms with E-state index in [1.165, 1.54) is 11.3 Å². The molecule has 8 nitrogen and oxygen atoms in total. The monoisotopic (exact) mass is 506 g/mol. The molecule has 36 heavy (non-hydrogen) atoms. The molecule has 4 N–H and O–H groups in total. The fourth-order valence-corrected chi connectivity index (χ4v) is 5.23. The number of hydrogen-bond acceptors (Lipinski definition) is 7. The number of benzene rings is 1. The third-order valence-electron chi connectivity index (χ3n) is 5.92. The molecule has 3 heterocycles. The minimum atomic E-state index is -0.325. The maximum Gasteiger partial charge on any atom is 0.263 e. The molecule has 0 aliphatic carbocycles. The molecule has 0 bridgehead atoms. The van der Waals surface area contributed by atoms with Gasteiger partial charge in [0, 0.05) is 36.9 Å². The van der Waals surface area contributed by atoms with Gasteiger partial charge in [0.15, 0.2) is 0 Å². The van der Waals surface area contributed by atoms with Crippen molar-refractivity contribution in [3.63, 3.8) is 0 Å². The number of nitrogens with two attached hydrogens (primary N) is 1. The maximum absolute atomic E-state index is 13.7. The van der Waals surface area contributed by atoms with Gasteiger partial charge in [0.1, 0.15) is 21.2 Å². The number of nitrogens with zero attached hydrogens (tertiary/aromatic N) is 1. The Hall–Kier alpha value is -3.69. The van der Waals surface area contributed by atoms with E-state index in [0.717, 1.165) is 11.1 Å². The van der Waals surface area contributed by atoms with E-state index < -0.39 is 0 Å². The highest BCUT2D eigenvalue weighted by Crippen LogP contribution is 2.42. The van der Waals surface area contributed by atoms with Crippen LogP contribution in [-0.4, -0.2) is 37.1 Å². The van der Waals surface area contributed by atoms with Crippen LogP contribution in [0.4, 0.5) is 11.4 Å². The van der Waals surface area contributed by atoms with Crippen molar-refractivity contribution in [1.82, 2.24) is 10.3 Å². The molecule has 0 saturated heterocycles. The quantitative estimate of drug-likeness (QED) is 0.276. The summed E-state index contributed by atoms with van der Waals surface area (Å²) >= 11 is 1.20. The number of hydrogen-bond donors (Lipinski definition) is 3. The lowest BCUT2D eigenvalue weighted by Gasteiger charge is -2.14.